The maximum Gasteiger partial charge on any atom is 0.352 e. The second-order valence-corrected chi connectivity index (χ2v) is 9.82. The number of benzene rings is 2. The molecule has 2 aliphatic heterocycles. The Hall–Kier alpha value is -3.23. The molecule has 2 heterocycles. The molecule has 2 amide bonds. The maximum absolute atomic E-state index is 14.5. The van der Waals surface area contributed by atoms with Crippen LogP contribution in [-0.4, -0.2) is 29.6 Å². The summed E-state index contributed by atoms with van der Waals surface area (Å²) in [6.07, 6.45) is 3.56. The number of hydrazone groups is 1. The largest absolute Gasteiger partial charge is 0.352 e. The van der Waals surface area contributed by atoms with Gasteiger partial charge < -0.3 is 4.90 Å². The average Bonchev–Trinajstić information content (AvgIpc) is 3.51. The molecule has 5 nitrogen and oxygen atoms in total. The Morgan fingerprint density at radius 3 is 2.50 bits per heavy atom. The zero-order chi connectivity index (χ0) is 23.8. The van der Waals surface area contributed by atoms with Gasteiger partial charge in [-0.15, -0.1) is 0 Å². The second-order valence-electron chi connectivity index (χ2n) is 9.82. The number of hydrogen-bond acceptors (Lipinski definition) is 3. The summed E-state index contributed by atoms with van der Waals surface area (Å²) < 4.78 is 56.5. The number of amides is 2. The number of rotatable bonds is 4. The van der Waals surface area contributed by atoms with Crippen LogP contribution in [0.1, 0.15) is 42.9 Å². The van der Waals surface area contributed by atoms with Gasteiger partial charge in [0.1, 0.15) is 11.6 Å². The summed E-state index contributed by atoms with van der Waals surface area (Å²) in [6.45, 7) is 0.132. The molecule has 3 aliphatic carbocycles. The molecule has 0 saturated heterocycles. The molecule has 0 aromatic heterocycles. The molecule has 176 valence electrons. The lowest BCUT2D eigenvalue weighted by molar-refractivity contribution is -0.148. The van der Waals surface area contributed by atoms with Crippen molar-refractivity contribution in [2.75, 3.05) is 11.4 Å². The molecule has 3 fully saturated rings. The Balaban J connectivity index is 1.20. The molecule has 0 N–H and O–H groups in total. The molecular formula is C25H21F4N3O2. The van der Waals surface area contributed by atoms with Crippen LogP contribution in [-0.2, 0) is 15.5 Å². The van der Waals surface area contributed by atoms with Gasteiger partial charge in [0, 0.05) is 25.2 Å². The van der Waals surface area contributed by atoms with E-state index in [1.807, 2.05) is 0 Å². The van der Waals surface area contributed by atoms with E-state index in [9.17, 15) is 27.2 Å². The number of halogens is 4. The van der Waals surface area contributed by atoms with E-state index in [0.717, 1.165) is 11.0 Å². The first-order valence-corrected chi connectivity index (χ1v) is 11.3. The van der Waals surface area contributed by atoms with Crippen molar-refractivity contribution in [3.05, 3.63) is 65.2 Å². The van der Waals surface area contributed by atoms with Crippen molar-refractivity contribution in [2.24, 2.45) is 22.4 Å². The molecule has 2 aromatic rings. The minimum absolute atomic E-state index is 0.0912. The van der Waals surface area contributed by atoms with Gasteiger partial charge in [-0.1, -0.05) is 18.2 Å². The predicted molar refractivity (Wildman–Crippen MR) is 115 cm³/mol. The molecule has 7 rings (SSSR count). The number of carbonyl (C=O) groups excluding carboxylic acids is 2. The van der Waals surface area contributed by atoms with Gasteiger partial charge in [-0.3, -0.25) is 9.59 Å². The van der Waals surface area contributed by atoms with Crippen molar-refractivity contribution < 1.29 is 27.2 Å². The predicted octanol–water partition coefficient (Wildman–Crippen LogP) is 4.78. The maximum atomic E-state index is 14.5. The molecule has 2 unspecified atom stereocenters. The first-order chi connectivity index (χ1) is 16.2. The number of anilines is 1. The van der Waals surface area contributed by atoms with E-state index in [1.165, 1.54) is 35.3 Å². The van der Waals surface area contributed by atoms with Crippen molar-refractivity contribution in [3.8, 4) is 0 Å². The highest BCUT2D eigenvalue weighted by molar-refractivity contribution is 6.05. The molecule has 0 spiro atoms. The highest BCUT2D eigenvalue weighted by atomic mass is 19.3. The first-order valence-electron chi connectivity index (χ1n) is 11.3. The molecule has 2 atom stereocenters. The van der Waals surface area contributed by atoms with Gasteiger partial charge in [0.2, 0.25) is 5.91 Å². The van der Waals surface area contributed by atoms with Crippen molar-refractivity contribution >= 4 is 23.7 Å². The molecule has 2 bridgehead atoms. The van der Waals surface area contributed by atoms with Crippen LogP contribution in [0.2, 0.25) is 0 Å². The monoisotopic (exact) mass is 471 g/mol. The third kappa shape index (κ3) is 2.95. The van der Waals surface area contributed by atoms with Gasteiger partial charge >= 0.3 is 11.8 Å². The summed E-state index contributed by atoms with van der Waals surface area (Å²) in [5.41, 5.74) is -0.412. The van der Waals surface area contributed by atoms with E-state index in [2.05, 4.69) is 5.10 Å². The zero-order valence-electron chi connectivity index (χ0n) is 18.1. The van der Waals surface area contributed by atoms with E-state index in [0.29, 0.717) is 31.2 Å². The summed E-state index contributed by atoms with van der Waals surface area (Å²) in [6, 6.07) is 8.52. The van der Waals surface area contributed by atoms with E-state index < -0.39 is 34.9 Å². The lowest BCUT2D eigenvalue weighted by Gasteiger charge is -2.40. The van der Waals surface area contributed by atoms with E-state index in [1.54, 1.807) is 12.3 Å². The third-order valence-electron chi connectivity index (χ3n) is 7.85. The Bertz CT molecular complexity index is 1220. The number of fused-ring (bicyclic) bond motifs is 2. The fourth-order valence-corrected chi connectivity index (χ4v) is 6.27. The normalized spacial score (nSPS) is 30.6. The summed E-state index contributed by atoms with van der Waals surface area (Å²) in [5.74, 6) is -6.37. The molecule has 2 aromatic carbocycles. The van der Waals surface area contributed by atoms with Crippen molar-refractivity contribution in [2.45, 2.75) is 37.6 Å². The summed E-state index contributed by atoms with van der Waals surface area (Å²) in [5, 5.41) is 5.52. The minimum Gasteiger partial charge on any atom is -0.306 e. The second kappa shape index (κ2) is 7.13. The SMILES string of the molecule is O=C(N1N=CCC1c1cc(F)cc(F)c1)C12CC(CN3C(=O)C(F)(F)c4ccccc43)C(C1)C2. The molecule has 9 heteroatoms. The Labute approximate surface area is 193 Å². The van der Waals surface area contributed by atoms with Gasteiger partial charge in [0.25, 0.3) is 0 Å². The Morgan fingerprint density at radius 2 is 1.76 bits per heavy atom. The first kappa shape index (κ1) is 21.3. The molecule has 5 aliphatic rings. The molecular weight excluding hydrogens is 450 g/mol. The quantitative estimate of drug-likeness (QED) is 0.603. The molecule has 3 saturated carbocycles. The van der Waals surface area contributed by atoms with Crippen LogP contribution >= 0.6 is 0 Å². The summed E-state index contributed by atoms with van der Waals surface area (Å²) in [7, 11) is 0. The minimum atomic E-state index is -3.55. The van der Waals surface area contributed by atoms with Crippen LogP contribution in [0.15, 0.2) is 47.6 Å². The standard InChI is InChI=1S/C25H21F4N3O2/c26-17-7-14(8-18(27)9-17)20-5-6-30-32(20)22(33)24-10-15(11-24)16(12-24)13-31-21-4-2-1-3-19(21)25(28,29)23(31)34/h1-4,6-9,15-16,20H,5,10-13H2. The lowest BCUT2D eigenvalue weighted by atomic mass is 9.68. The third-order valence-corrected chi connectivity index (χ3v) is 7.85. The molecule has 34 heavy (non-hydrogen) atoms. The highest BCUT2D eigenvalue weighted by Gasteiger charge is 2.63. The van der Waals surface area contributed by atoms with Gasteiger partial charge in [-0.25, -0.2) is 13.8 Å². The van der Waals surface area contributed by atoms with Crippen molar-refractivity contribution in [3.63, 3.8) is 0 Å². The van der Waals surface area contributed by atoms with Crippen molar-refractivity contribution in [1.82, 2.24) is 5.01 Å². The van der Waals surface area contributed by atoms with E-state index >= 15 is 0 Å². The zero-order valence-corrected chi connectivity index (χ0v) is 18.1. The number of para-hydroxylation sites is 1. The van der Waals surface area contributed by atoms with Crippen LogP contribution in [0, 0.1) is 28.9 Å². The van der Waals surface area contributed by atoms with Gasteiger partial charge in [-0.05, 0) is 54.9 Å². The number of hydrogen-bond donors (Lipinski definition) is 0. The van der Waals surface area contributed by atoms with Gasteiger partial charge in [0.05, 0.1) is 22.7 Å². The smallest absolute Gasteiger partial charge is 0.306 e. The topological polar surface area (TPSA) is 53.0 Å². The Morgan fingerprint density at radius 1 is 1.06 bits per heavy atom. The van der Waals surface area contributed by atoms with Gasteiger partial charge in [-0.2, -0.15) is 13.9 Å². The lowest BCUT2D eigenvalue weighted by Crippen LogP contribution is -2.45. The number of nitrogens with zero attached hydrogens (tertiary/aromatic N) is 3. The summed E-state index contributed by atoms with van der Waals surface area (Å²) >= 11 is 0. The van der Waals surface area contributed by atoms with Crippen LogP contribution < -0.4 is 4.90 Å². The fraction of sp³-hybridized carbons (Fsp3) is 0.400. The van der Waals surface area contributed by atoms with Crippen LogP contribution in [0.4, 0.5) is 23.2 Å². The fourth-order valence-electron chi connectivity index (χ4n) is 6.27. The van der Waals surface area contributed by atoms with Crippen molar-refractivity contribution in [1.29, 1.82) is 0 Å². The molecule has 0 radical (unpaired) electrons. The van der Waals surface area contributed by atoms with E-state index in [-0.39, 0.29) is 35.5 Å². The van der Waals surface area contributed by atoms with Gasteiger partial charge in [0.15, 0.2) is 0 Å². The summed E-state index contributed by atoms with van der Waals surface area (Å²) in [4.78, 5) is 27.2. The number of alkyl halides is 2. The Kier molecular flexibility index (Phi) is 4.47. The average molecular weight is 471 g/mol. The van der Waals surface area contributed by atoms with Crippen LogP contribution in [0.3, 0.4) is 0 Å². The highest BCUT2D eigenvalue weighted by Crippen LogP contribution is 2.63. The number of carbonyl (C=O) groups is 2. The van der Waals surface area contributed by atoms with Crippen LogP contribution in [0.5, 0.6) is 0 Å². The van der Waals surface area contributed by atoms with E-state index in [4.69, 9.17) is 0 Å². The van der Waals surface area contributed by atoms with Crippen LogP contribution in [0.25, 0.3) is 0 Å².